The summed E-state index contributed by atoms with van der Waals surface area (Å²) < 4.78 is 40.5. The molecule has 3 heterocycles. The normalized spacial score (nSPS) is 16.5. The molecule has 4 aromatic carbocycles. The average molecular weight is 1120 g/mol. The Bertz CT molecular complexity index is 2830. The summed E-state index contributed by atoms with van der Waals surface area (Å²) in [6, 6.07) is 20.1. The van der Waals surface area contributed by atoms with Crippen molar-refractivity contribution in [2.75, 3.05) is 73.7 Å². The molecule has 4 aromatic rings. The molecular formula is C61H78N6O14. The molecule has 3 aliphatic heterocycles. The number of nitrogens with zero attached hydrogens (tertiary/aromatic N) is 2. The van der Waals surface area contributed by atoms with E-state index in [4.69, 9.17) is 33.2 Å². The van der Waals surface area contributed by atoms with Crippen molar-refractivity contribution in [3.05, 3.63) is 101 Å². The van der Waals surface area contributed by atoms with E-state index in [9.17, 15) is 33.6 Å². The van der Waals surface area contributed by atoms with Crippen molar-refractivity contribution >= 4 is 47.1 Å². The average Bonchev–Trinajstić information content (AvgIpc) is 3.95. The highest BCUT2D eigenvalue weighted by molar-refractivity contribution is 6.06. The summed E-state index contributed by atoms with van der Waals surface area (Å²) in [5.74, 6) is -0.0696. The van der Waals surface area contributed by atoms with Gasteiger partial charge in [-0.3, -0.25) is 34.1 Å². The van der Waals surface area contributed by atoms with Gasteiger partial charge in [-0.15, -0.1) is 0 Å². The first-order valence-electron chi connectivity index (χ1n) is 28.1. The number of ether oxygens (including phenoxy) is 7. The summed E-state index contributed by atoms with van der Waals surface area (Å²) in [4.78, 5) is 95.4. The van der Waals surface area contributed by atoms with Gasteiger partial charge in [0.05, 0.1) is 48.0 Å². The Kier molecular flexibility index (Phi) is 22.4. The van der Waals surface area contributed by atoms with Crippen LogP contribution in [0.1, 0.15) is 135 Å². The minimum Gasteiger partial charge on any atom is -0.493 e. The van der Waals surface area contributed by atoms with Crippen LogP contribution in [0.2, 0.25) is 0 Å². The van der Waals surface area contributed by atoms with E-state index in [1.807, 2.05) is 37.3 Å². The number of hydrogen-bond donors (Lipinski definition) is 4. The van der Waals surface area contributed by atoms with E-state index >= 15 is 0 Å². The number of methoxy groups -OCH3 is 5. The molecule has 7 rings (SSSR count). The molecule has 4 N–H and O–H groups in total. The molecule has 1 unspecified atom stereocenters. The Labute approximate surface area is 474 Å². The number of fused-ring (bicyclic) bond motifs is 1. The number of likely N-dealkylation sites (tertiary alicyclic amines) is 1. The van der Waals surface area contributed by atoms with Crippen LogP contribution in [0.4, 0.5) is 5.69 Å². The third-order valence-corrected chi connectivity index (χ3v) is 15.1. The van der Waals surface area contributed by atoms with Crippen molar-refractivity contribution < 1.29 is 66.7 Å². The predicted molar refractivity (Wildman–Crippen MR) is 302 cm³/mol. The van der Waals surface area contributed by atoms with Crippen LogP contribution >= 0.6 is 0 Å². The van der Waals surface area contributed by atoms with Gasteiger partial charge in [0, 0.05) is 55.0 Å². The van der Waals surface area contributed by atoms with Crippen LogP contribution in [0, 0.1) is 0 Å². The van der Waals surface area contributed by atoms with Gasteiger partial charge < -0.3 is 58.9 Å². The number of hydrogen-bond acceptors (Lipinski definition) is 15. The zero-order chi connectivity index (χ0) is 57.8. The number of rotatable bonds is 30. The first-order chi connectivity index (χ1) is 39.3. The molecule has 0 aliphatic carbocycles. The molecule has 6 amide bonds. The number of benzene rings is 4. The Balaban J connectivity index is 0.869. The van der Waals surface area contributed by atoms with Crippen LogP contribution in [0.15, 0.2) is 72.8 Å². The quantitative estimate of drug-likeness (QED) is 0.0227. The van der Waals surface area contributed by atoms with Crippen LogP contribution in [-0.4, -0.2) is 132 Å². The van der Waals surface area contributed by atoms with Crippen molar-refractivity contribution in [2.24, 2.45) is 0 Å². The summed E-state index contributed by atoms with van der Waals surface area (Å²) in [5.41, 5.74) is 4.03. The van der Waals surface area contributed by atoms with Crippen LogP contribution in [0.5, 0.6) is 34.5 Å². The number of piperidine rings is 2. The smallest absolute Gasteiger partial charge is 0.329 e. The molecule has 0 bridgehead atoms. The number of carbonyl (C=O) groups excluding carboxylic acids is 7. The molecule has 3 aliphatic rings. The van der Waals surface area contributed by atoms with Crippen molar-refractivity contribution in [1.82, 2.24) is 25.8 Å². The number of esters is 1. The van der Waals surface area contributed by atoms with Gasteiger partial charge in [0.2, 0.25) is 29.4 Å². The summed E-state index contributed by atoms with van der Waals surface area (Å²) in [6.45, 7) is 3.29. The van der Waals surface area contributed by atoms with Gasteiger partial charge in [0.15, 0.2) is 29.6 Å². The second-order valence-corrected chi connectivity index (χ2v) is 20.3. The van der Waals surface area contributed by atoms with Gasteiger partial charge in [-0.2, -0.15) is 0 Å². The molecule has 2 saturated heterocycles. The number of para-hydroxylation sites is 1. The zero-order valence-electron chi connectivity index (χ0n) is 47.5. The lowest BCUT2D eigenvalue weighted by atomic mass is 9.91. The van der Waals surface area contributed by atoms with E-state index in [0.29, 0.717) is 102 Å². The maximum absolute atomic E-state index is 14.6. The van der Waals surface area contributed by atoms with E-state index in [0.717, 1.165) is 62.5 Å². The summed E-state index contributed by atoms with van der Waals surface area (Å²) in [6.07, 6.45) is 8.17. The van der Waals surface area contributed by atoms with E-state index < -0.39 is 36.0 Å². The monoisotopic (exact) mass is 1120 g/mol. The zero-order valence-corrected chi connectivity index (χ0v) is 47.5. The molecule has 2 fully saturated rings. The maximum atomic E-state index is 14.6. The largest absolute Gasteiger partial charge is 0.493 e. The highest BCUT2D eigenvalue weighted by Gasteiger charge is 2.41. The number of aryl methyl sites for hydroxylation is 1. The third kappa shape index (κ3) is 15.7. The maximum Gasteiger partial charge on any atom is 0.329 e. The lowest BCUT2D eigenvalue weighted by Gasteiger charge is -2.37. The molecular weight excluding hydrogens is 1040 g/mol. The van der Waals surface area contributed by atoms with Gasteiger partial charge >= 0.3 is 5.97 Å². The van der Waals surface area contributed by atoms with Crippen molar-refractivity contribution in [3.63, 3.8) is 0 Å². The lowest BCUT2D eigenvalue weighted by molar-refractivity contribution is -0.162. The van der Waals surface area contributed by atoms with E-state index in [1.165, 1.54) is 26.2 Å². The van der Waals surface area contributed by atoms with Gasteiger partial charge in [-0.05, 0) is 111 Å². The fourth-order valence-electron chi connectivity index (χ4n) is 10.8. The van der Waals surface area contributed by atoms with Gasteiger partial charge in [0.1, 0.15) is 23.9 Å². The topological polar surface area (TPSA) is 239 Å². The number of imide groups is 1. The van der Waals surface area contributed by atoms with Crippen LogP contribution in [-0.2, 0) is 46.5 Å². The van der Waals surface area contributed by atoms with Crippen molar-refractivity contribution in [2.45, 2.75) is 127 Å². The highest BCUT2D eigenvalue weighted by Crippen LogP contribution is 2.42. The van der Waals surface area contributed by atoms with Gasteiger partial charge in [0.25, 0.3) is 11.8 Å². The number of anilines is 1. The Morgan fingerprint density at radius 1 is 0.716 bits per heavy atom. The molecule has 4 atom stereocenters. The van der Waals surface area contributed by atoms with Crippen LogP contribution < -0.4 is 49.7 Å². The number of carbonyl (C=O) groups is 7. The Morgan fingerprint density at radius 2 is 1.41 bits per heavy atom. The molecule has 20 nitrogen and oxygen atoms in total. The molecule has 81 heavy (non-hydrogen) atoms. The summed E-state index contributed by atoms with van der Waals surface area (Å²) in [7, 11) is 7.72. The number of amides is 6. The first-order valence-corrected chi connectivity index (χ1v) is 28.1. The molecule has 0 radical (unpaired) electrons. The van der Waals surface area contributed by atoms with Crippen LogP contribution in [0.3, 0.4) is 0 Å². The van der Waals surface area contributed by atoms with Crippen molar-refractivity contribution in [3.8, 4) is 34.5 Å². The Hall–Kier alpha value is -8.03. The fourth-order valence-corrected chi connectivity index (χ4v) is 10.8. The molecule has 436 valence electrons. The van der Waals surface area contributed by atoms with Crippen molar-refractivity contribution in [1.29, 1.82) is 0 Å². The molecule has 0 aromatic heterocycles. The SMILES string of the molecule is CC[C@H](C(=O)N1CCCC[C@H]1C(=O)O[C@H](CCc1ccc(OC)c(OC)c1)c1ccccc1OCC(=O)NCCCCCCCCNC(=O)CNc1cccc2c1CN(C1CCC(=O)NC1=O)C2=O)c1cc(OC)c(OC)c(OC)c1. The fraction of sp³-hybridized carbons (Fsp3) is 0.492. The molecule has 20 heteroatoms. The summed E-state index contributed by atoms with van der Waals surface area (Å²) in [5, 5.41) is 11.4. The summed E-state index contributed by atoms with van der Waals surface area (Å²) >= 11 is 0. The highest BCUT2D eigenvalue weighted by atomic mass is 16.6. The number of unbranched alkanes of at least 4 members (excludes halogenated alkanes) is 5. The van der Waals surface area contributed by atoms with E-state index in [2.05, 4.69) is 21.3 Å². The van der Waals surface area contributed by atoms with Gasteiger partial charge in [-0.25, -0.2) is 4.79 Å². The van der Waals surface area contributed by atoms with E-state index in [1.54, 1.807) is 61.6 Å². The molecule has 0 saturated carbocycles. The lowest BCUT2D eigenvalue weighted by Crippen LogP contribution is -2.52. The minimum atomic E-state index is -0.838. The third-order valence-electron chi connectivity index (χ3n) is 15.1. The standard InChI is InChI=1S/C61H78N6O14/c1-7-41(40-34-52(77-4)57(79-6)53(35-40)78-5)59(72)66-32-17-14-22-47(66)61(74)81-49(27-24-39-25-28-50(75-2)51(33-39)76-3)43-19-12-13-23-48(43)80-38-56(70)63-31-16-11-9-8-10-15-30-62-55(69)36-64-45-21-18-20-42-44(45)37-67(60(42)73)46-26-29-54(68)65-58(46)71/h12-13,18-21,23,25,28,33-35,41,46-47,49,64H,7-11,14-17,22,24,26-27,29-32,36-38H2,1-6H3,(H,62,69)(H,63,70)(H,65,68,71)/t41-,46?,47-,49+/m0/s1. The van der Waals surface area contributed by atoms with E-state index in [-0.39, 0.29) is 62.1 Å². The minimum absolute atomic E-state index is 0.0230. The second-order valence-electron chi connectivity index (χ2n) is 20.3. The molecule has 0 spiro atoms. The second kappa shape index (κ2) is 30.0. The van der Waals surface area contributed by atoms with Crippen LogP contribution in [0.25, 0.3) is 0 Å². The predicted octanol–water partition coefficient (Wildman–Crippen LogP) is 7.35. The first kappa shape index (κ1) is 60.6. The number of nitrogens with one attached hydrogen (secondary N) is 4. The Morgan fingerprint density at radius 3 is 2.09 bits per heavy atom. The van der Waals surface area contributed by atoms with Gasteiger partial charge in [-0.1, -0.05) is 62.9 Å².